The van der Waals surface area contributed by atoms with Gasteiger partial charge in [0.15, 0.2) is 0 Å². The van der Waals surface area contributed by atoms with Gasteiger partial charge in [-0.25, -0.2) is 4.79 Å². The van der Waals surface area contributed by atoms with E-state index in [1.807, 2.05) is 0 Å². The molecule has 0 bridgehead atoms. The lowest BCUT2D eigenvalue weighted by molar-refractivity contribution is 0.0600. The first-order valence-corrected chi connectivity index (χ1v) is 6.65. The van der Waals surface area contributed by atoms with Crippen LogP contribution in [0.25, 0.3) is 0 Å². The Kier molecular flexibility index (Phi) is 4.50. The molecular weight excluding hydrogens is 256 g/mol. The van der Waals surface area contributed by atoms with Crippen molar-refractivity contribution in [3.05, 3.63) is 36.0 Å². The first-order chi connectivity index (χ1) is 9.61. The molecule has 2 rings (SSSR count). The quantitative estimate of drug-likeness (QED) is 0.637. The molecule has 0 aromatic heterocycles. The summed E-state index contributed by atoms with van der Waals surface area (Å²) >= 11 is 0. The lowest BCUT2D eigenvalue weighted by Crippen LogP contribution is -2.25. The van der Waals surface area contributed by atoms with Gasteiger partial charge in [-0.1, -0.05) is 6.08 Å². The fourth-order valence-corrected chi connectivity index (χ4v) is 2.29. The number of anilines is 1. The van der Waals surface area contributed by atoms with Gasteiger partial charge in [0.1, 0.15) is 5.75 Å². The first-order valence-electron chi connectivity index (χ1n) is 6.65. The van der Waals surface area contributed by atoms with E-state index in [0.717, 1.165) is 19.4 Å². The number of carbonyl (C=O) groups excluding carboxylic acids is 1. The summed E-state index contributed by atoms with van der Waals surface area (Å²) in [4.78, 5) is 13.5. The summed E-state index contributed by atoms with van der Waals surface area (Å²) in [6.45, 7) is 0.766. The van der Waals surface area contributed by atoms with E-state index in [1.54, 1.807) is 12.1 Å². The van der Waals surface area contributed by atoms with E-state index >= 15 is 0 Å². The van der Waals surface area contributed by atoms with E-state index in [0.29, 0.717) is 17.3 Å². The van der Waals surface area contributed by atoms with Crippen molar-refractivity contribution in [2.75, 3.05) is 26.0 Å². The number of benzene rings is 1. The standard InChI is InChI=1S/C15H20N2O3/c1-17-9-3-4-12(17)7-8-16-13-6-5-11(10-14(13)18)15(19)20-2/h3,5-6,9-10,12,16,18H,4,7-8H2,1-2H3. The largest absolute Gasteiger partial charge is 0.506 e. The van der Waals surface area contributed by atoms with Crippen molar-refractivity contribution in [3.8, 4) is 5.75 Å². The average molecular weight is 276 g/mol. The molecule has 5 nitrogen and oxygen atoms in total. The molecule has 5 heteroatoms. The van der Waals surface area contributed by atoms with Gasteiger partial charge in [0.25, 0.3) is 0 Å². The smallest absolute Gasteiger partial charge is 0.337 e. The minimum Gasteiger partial charge on any atom is -0.506 e. The predicted octanol–water partition coefficient (Wildman–Crippen LogP) is 2.20. The molecule has 2 N–H and O–H groups in total. The second-order valence-electron chi connectivity index (χ2n) is 4.88. The highest BCUT2D eigenvalue weighted by Crippen LogP contribution is 2.25. The average Bonchev–Trinajstić information content (AvgIpc) is 2.85. The molecule has 1 aromatic rings. The van der Waals surface area contributed by atoms with Gasteiger partial charge >= 0.3 is 5.97 Å². The summed E-state index contributed by atoms with van der Waals surface area (Å²) in [5.41, 5.74) is 0.974. The predicted molar refractivity (Wildman–Crippen MR) is 77.9 cm³/mol. The van der Waals surface area contributed by atoms with Crippen molar-refractivity contribution < 1.29 is 14.6 Å². The van der Waals surface area contributed by atoms with Crippen LogP contribution >= 0.6 is 0 Å². The van der Waals surface area contributed by atoms with Gasteiger partial charge in [0.05, 0.1) is 18.4 Å². The van der Waals surface area contributed by atoms with Gasteiger partial charge in [-0.3, -0.25) is 0 Å². The Morgan fingerprint density at radius 2 is 2.35 bits per heavy atom. The van der Waals surface area contributed by atoms with E-state index in [9.17, 15) is 9.90 Å². The Bertz CT molecular complexity index is 514. The first kappa shape index (κ1) is 14.2. The Labute approximate surface area is 118 Å². The summed E-state index contributed by atoms with van der Waals surface area (Å²) in [5.74, 6) is -0.392. The second-order valence-corrected chi connectivity index (χ2v) is 4.88. The topological polar surface area (TPSA) is 61.8 Å². The molecule has 0 radical (unpaired) electrons. The number of phenolic OH excluding ortho intramolecular Hbond substituents is 1. The van der Waals surface area contributed by atoms with Gasteiger partial charge < -0.3 is 20.1 Å². The fourth-order valence-electron chi connectivity index (χ4n) is 2.29. The van der Waals surface area contributed by atoms with Crippen LogP contribution in [-0.2, 0) is 4.74 Å². The molecule has 1 aromatic carbocycles. The van der Waals surface area contributed by atoms with Gasteiger partial charge in [0.2, 0.25) is 0 Å². The van der Waals surface area contributed by atoms with Gasteiger partial charge in [-0.15, -0.1) is 0 Å². The third-order valence-corrected chi connectivity index (χ3v) is 3.54. The number of aromatic hydroxyl groups is 1. The van der Waals surface area contributed by atoms with Crippen molar-refractivity contribution in [2.24, 2.45) is 0 Å². The highest BCUT2D eigenvalue weighted by Gasteiger charge is 2.15. The third-order valence-electron chi connectivity index (χ3n) is 3.54. The molecule has 20 heavy (non-hydrogen) atoms. The molecule has 1 atom stereocenters. The lowest BCUT2D eigenvalue weighted by Gasteiger charge is -2.21. The van der Waals surface area contributed by atoms with Crippen LogP contribution in [0, 0.1) is 0 Å². The summed E-state index contributed by atoms with van der Waals surface area (Å²) < 4.78 is 4.61. The van der Waals surface area contributed by atoms with E-state index in [1.165, 1.54) is 13.2 Å². The van der Waals surface area contributed by atoms with Crippen LogP contribution in [0.1, 0.15) is 23.2 Å². The number of phenols is 1. The zero-order chi connectivity index (χ0) is 14.5. The Morgan fingerprint density at radius 3 is 2.95 bits per heavy atom. The van der Waals surface area contributed by atoms with Crippen LogP contribution in [0.4, 0.5) is 5.69 Å². The minimum absolute atomic E-state index is 0.0609. The van der Waals surface area contributed by atoms with Crippen molar-refractivity contribution in [1.82, 2.24) is 4.90 Å². The number of rotatable bonds is 5. The molecule has 1 aliphatic rings. The van der Waals surface area contributed by atoms with Crippen LogP contribution in [0.5, 0.6) is 5.75 Å². The maximum atomic E-state index is 11.3. The number of nitrogens with one attached hydrogen (secondary N) is 1. The Balaban J connectivity index is 1.88. The highest BCUT2D eigenvalue weighted by atomic mass is 16.5. The Morgan fingerprint density at radius 1 is 1.55 bits per heavy atom. The van der Waals surface area contributed by atoms with E-state index in [4.69, 9.17) is 0 Å². The Hall–Kier alpha value is -2.17. The van der Waals surface area contributed by atoms with E-state index in [-0.39, 0.29) is 5.75 Å². The normalized spacial score (nSPS) is 17.3. The van der Waals surface area contributed by atoms with Crippen molar-refractivity contribution in [1.29, 1.82) is 0 Å². The number of hydrogen-bond acceptors (Lipinski definition) is 5. The second kappa shape index (κ2) is 6.32. The zero-order valence-electron chi connectivity index (χ0n) is 11.8. The van der Waals surface area contributed by atoms with Gasteiger partial charge in [0, 0.05) is 19.6 Å². The summed E-state index contributed by atoms with van der Waals surface area (Å²) in [5, 5.41) is 13.1. The molecule has 108 valence electrons. The molecule has 1 heterocycles. The van der Waals surface area contributed by atoms with Crippen molar-refractivity contribution >= 4 is 11.7 Å². The number of esters is 1. The maximum absolute atomic E-state index is 11.3. The number of carbonyl (C=O) groups is 1. The van der Waals surface area contributed by atoms with Crippen LogP contribution in [0.3, 0.4) is 0 Å². The van der Waals surface area contributed by atoms with Gasteiger partial charge in [-0.2, -0.15) is 0 Å². The number of methoxy groups -OCH3 is 1. The number of nitrogens with zero attached hydrogens (tertiary/aromatic N) is 1. The monoisotopic (exact) mass is 276 g/mol. The molecule has 0 spiro atoms. The zero-order valence-corrected chi connectivity index (χ0v) is 11.8. The molecule has 0 saturated heterocycles. The number of ether oxygens (including phenoxy) is 1. The SMILES string of the molecule is COC(=O)c1ccc(NCCC2CC=CN2C)c(O)c1. The highest BCUT2D eigenvalue weighted by molar-refractivity contribution is 5.90. The summed E-state index contributed by atoms with van der Waals surface area (Å²) in [7, 11) is 3.38. The van der Waals surface area contributed by atoms with Crippen LogP contribution in [0.15, 0.2) is 30.5 Å². The van der Waals surface area contributed by atoms with Crippen LogP contribution in [0.2, 0.25) is 0 Å². The molecule has 0 amide bonds. The lowest BCUT2D eigenvalue weighted by atomic mass is 10.1. The number of hydrogen-bond donors (Lipinski definition) is 2. The van der Waals surface area contributed by atoms with E-state index in [2.05, 4.69) is 34.3 Å². The molecule has 0 aliphatic carbocycles. The van der Waals surface area contributed by atoms with Crippen LogP contribution < -0.4 is 5.32 Å². The van der Waals surface area contributed by atoms with Gasteiger partial charge in [-0.05, 0) is 37.2 Å². The fraction of sp³-hybridized carbons (Fsp3) is 0.400. The third kappa shape index (κ3) is 3.23. The molecule has 1 aliphatic heterocycles. The molecule has 0 fully saturated rings. The molecule has 1 unspecified atom stereocenters. The maximum Gasteiger partial charge on any atom is 0.337 e. The molecule has 0 saturated carbocycles. The van der Waals surface area contributed by atoms with Crippen molar-refractivity contribution in [2.45, 2.75) is 18.9 Å². The van der Waals surface area contributed by atoms with Crippen molar-refractivity contribution in [3.63, 3.8) is 0 Å². The summed E-state index contributed by atoms with van der Waals surface area (Å²) in [6, 6.07) is 5.26. The molecular formula is C15H20N2O3. The summed E-state index contributed by atoms with van der Waals surface area (Å²) in [6.07, 6.45) is 6.30. The van der Waals surface area contributed by atoms with E-state index < -0.39 is 5.97 Å². The van der Waals surface area contributed by atoms with Crippen LogP contribution in [-0.4, -0.2) is 42.7 Å². The minimum atomic E-state index is -0.453.